The second-order valence-electron chi connectivity index (χ2n) is 5.27. The molecule has 7 heteroatoms. The molecule has 2 atom stereocenters. The van der Waals surface area contributed by atoms with E-state index in [1.54, 1.807) is 7.11 Å². The fourth-order valence-electron chi connectivity index (χ4n) is 2.38. The van der Waals surface area contributed by atoms with Crippen molar-refractivity contribution >= 4 is 0 Å². The summed E-state index contributed by atoms with van der Waals surface area (Å²) in [5.41, 5.74) is -0.142. The molecule has 0 aromatic carbocycles. The largest absolute Gasteiger partial charge is 0.383 e. The Kier molecular flexibility index (Phi) is 4.84. The molecular formula is C12H23N5O2. The molecule has 0 spiro atoms. The molecule has 0 aliphatic carbocycles. The topological polar surface area (TPSA) is 74.1 Å². The Morgan fingerprint density at radius 1 is 1.58 bits per heavy atom. The predicted octanol–water partition coefficient (Wildman–Crippen LogP) is 0.539. The van der Waals surface area contributed by atoms with Crippen LogP contribution in [-0.2, 0) is 16.0 Å². The fraction of sp³-hybridized carbons (Fsp3) is 0.917. The molecule has 2 heterocycles. The minimum Gasteiger partial charge on any atom is -0.383 e. The van der Waals surface area contributed by atoms with E-state index in [9.17, 15) is 0 Å². The number of aromatic nitrogens is 4. The van der Waals surface area contributed by atoms with Gasteiger partial charge in [0.15, 0.2) is 5.82 Å². The van der Waals surface area contributed by atoms with Crippen LogP contribution in [0.1, 0.15) is 38.6 Å². The molecular weight excluding hydrogens is 246 g/mol. The summed E-state index contributed by atoms with van der Waals surface area (Å²) in [6.45, 7) is 7.15. The third kappa shape index (κ3) is 3.71. The summed E-state index contributed by atoms with van der Waals surface area (Å²) < 4.78 is 12.7. The van der Waals surface area contributed by atoms with Crippen molar-refractivity contribution in [3.05, 3.63) is 5.82 Å². The van der Waals surface area contributed by atoms with Crippen molar-refractivity contribution in [2.45, 2.75) is 44.9 Å². The Balaban J connectivity index is 1.96. The first-order valence-electron chi connectivity index (χ1n) is 6.77. The van der Waals surface area contributed by atoms with Crippen LogP contribution in [0.4, 0.5) is 0 Å². The highest BCUT2D eigenvalue weighted by Gasteiger charge is 2.32. The lowest BCUT2D eigenvalue weighted by Crippen LogP contribution is -2.33. The number of ether oxygens (including phenoxy) is 2. The zero-order valence-electron chi connectivity index (χ0n) is 11.9. The Labute approximate surface area is 113 Å². The van der Waals surface area contributed by atoms with Crippen LogP contribution < -0.4 is 5.32 Å². The van der Waals surface area contributed by atoms with Crippen molar-refractivity contribution in [3.63, 3.8) is 0 Å². The van der Waals surface area contributed by atoms with Crippen molar-refractivity contribution in [2.24, 2.45) is 0 Å². The number of hydrogen-bond acceptors (Lipinski definition) is 6. The third-order valence-corrected chi connectivity index (χ3v) is 3.49. The summed E-state index contributed by atoms with van der Waals surface area (Å²) in [6.07, 6.45) is 2.16. The summed E-state index contributed by atoms with van der Waals surface area (Å²) in [5.74, 6) is 0.841. The summed E-state index contributed by atoms with van der Waals surface area (Å²) in [6, 6.07) is 0.0927. The van der Waals surface area contributed by atoms with Gasteiger partial charge in [0.05, 0.1) is 24.8 Å². The summed E-state index contributed by atoms with van der Waals surface area (Å²) >= 11 is 0. The maximum atomic E-state index is 5.79. The zero-order valence-corrected chi connectivity index (χ0v) is 11.9. The SMILES string of the molecule is COCCNC(C)c1nnnn1CC1(C)CCCO1. The van der Waals surface area contributed by atoms with Crippen LogP contribution >= 0.6 is 0 Å². The van der Waals surface area contributed by atoms with Crippen LogP contribution in [0, 0.1) is 0 Å². The summed E-state index contributed by atoms with van der Waals surface area (Å²) in [7, 11) is 1.69. The van der Waals surface area contributed by atoms with Gasteiger partial charge in [0.2, 0.25) is 0 Å². The molecule has 1 aromatic heterocycles. The van der Waals surface area contributed by atoms with Crippen molar-refractivity contribution < 1.29 is 9.47 Å². The smallest absolute Gasteiger partial charge is 0.168 e. The van der Waals surface area contributed by atoms with Crippen LogP contribution in [0.2, 0.25) is 0 Å². The van der Waals surface area contributed by atoms with E-state index >= 15 is 0 Å². The van der Waals surface area contributed by atoms with Crippen LogP contribution in [0.3, 0.4) is 0 Å². The van der Waals surface area contributed by atoms with Gasteiger partial charge >= 0.3 is 0 Å². The van der Waals surface area contributed by atoms with E-state index in [-0.39, 0.29) is 11.6 Å². The second kappa shape index (κ2) is 6.40. The highest BCUT2D eigenvalue weighted by atomic mass is 16.5. The Bertz CT molecular complexity index is 389. The number of nitrogens with zero attached hydrogens (tertiary/aromatic N) is 4. The highest BCUT2D eigenvalue weighted by molar-refractivity contribution is 4.92. The first-order valence-corrected chi connectivity index (χ1v) is 6.77. The standard InChI is InChI=1S/C12H23N5O2/c1-10(13-6-8-18-3)11-14-15-16-17(11)9-12(2)5-4-7-19-12/h10,13H,4-9H2,1-3H3. The van der Waals surface area contributed by atoms with Crippen LogP contribution in [0.5, 0.6) is 0 Å². The number of methoxy groups -OCH3 is 1. The molecule has 19 heavy (non-hydrogen) atoms. The van der Waals surface area contributed by atoms with Crippen molar-refractivity contribution in [1.29, 1.82) is 0 Å². The van der Waals surface area contributed by atoms with Crippen LogP contribution in [0.15, 0.2) is 0 Å². The Morgan fingerprint density at radius 3 is 3.11 bits per heavy atom. The fourth-order valence-corrected chi connectivity index (χ4v) is 2.38. The van der Waals surface area contributed by atoms with E-state index in [0.29, 0.717) is 13.2 Å². The summed E-state index contributed by atoms with van der Waals surface area (Å²) in [4.78, 5) is 0. The van der Waals surface area contributed by atoms with Gasteiger partial charge in [-0.25, -0.2) is 4.68 Å². The lowest BCUT2D eigenvalue weighted by molar-refractivity contribution is 0.00220. The first kappa shape index (κ1) is 14.4. The zero-order chi connectivity index (χ0) is 13.7. The summed E-state index contributed by atoms with van der Waals surface area (Å²) in [5, 5.41) is 15.3. The van der Waals surface area contributed by atoms with E-state index in [4.69, 9.17) is 9.47 Å². The van der Waals surface area contributed by atoms with Crippen LogP contribution in [0.25, 0.3) is 0 Å². The van der Waals surface area contributed by atoms with Gasteiger partial charge in [-0.3, -0.25) is 0 Å². The molecule has 1 aliphatic rings. The molecule has 1 N–H and O–H groups in total. The molecule has 2 unspecified atom stereocenters. The van der Waals surface area contributed by atoms with Gasteiger partial charge in [-0.1, -0.05) is 0 Å². The van der Waals surface area contributed by atoms with Crippen molar-refractivity contribution in [3.8, 4) is 0 Å². The molecule has 1 aliphatic heterocycles. The lowest BCUT2D eigenvalue weighted by atomic mass is 10.0. The number of hydrogen-bond donors (Lipinski definition) is 1. The maximum absolute atomic E-state index is 5.79. The monoisotopic (exact) mass is 269 g/mol. The molecule has 2 rings (SSSR count). The third-order valence-electron chi connectivity index (χ3n) is 3.49. The van der Waals surface area contributed by atoms with E-state index in [1.165, 1.54) is 0 Å². The molecule has 0 radical (unpaired) electrons. The minimum atomic E-state index is -0.142. The van der Waals surface area contributed by atoms with E-state index < -0.39 is 0 Å². The van der Waals surface area contributed by atoms with Gasteiger partial charge < -0.3 is 14.8 Å². The van der Waals surface area contributed by atoms with Gasteiger partial charge in [0.25, 0.3) is 0 Å². The Morgan fingerprint density at radius 2 is 2.42 bits per heavy atom. The molecule has 1 fully saturated rings. The molecule has 7 nitrogen and oxygen atoms in total. The van der Waals surface area contributed by atoms with Crippen LogP contribution in [-0.4, -0.2) is 52.7 Å². The molecule has 1 aromatic rings. The van der Waals surface area contributed by atoms with Crippen molar-refractivity contribution in [1.82, 2.24) is 25.5 Å². The van der Waals surface area contributed by atoms with E-state index in [0.717, 1.165) is 31.8 Å². The normalized spacial score (nSPS) is 24.8. The minimum absolute atomic E-state index is 0.0927. The van der Waals surface area contributed by atoms with E-state index in [2.05, 4.69) is 34.7 Å². The molecule has 0 amide bonds. The predicted molar refractivity (Wildman–Crippen MR) is 69.7 cm³/mol. The number of tetrazole rings is 1. The average Bonchev–Trinajstić information content (AvgIpc) is 2.99. The van der Waals surface area contributed by atoms with Crippen molar-refractivity contribution in [2.75, 3.05) is 26.9 Å². The van der Waals surface area contributed by atoms with Gasteiger partial charge in [0, 0.05) is 20.3 Å². The molecule has 0 saturated carbocycles. The lowest BCUT2D eigenvalue weighted by Gasteiger charge is -2.24. The van der Waals surface area contributed by atoms with E-state index in [1.807, 2.05) is 4.68 Å². The molecule has 0 bridgehead atoms. The highest BCUT2D eigenvalue weighted by Crippen LogP contribution is 2.27. The molecule has 1 saturated heterocycles. The molecule has 108 valence electrons. The maximum Gasteiger partial charge on any atom is 0.168 e. The Hall–Kier alpha value is -1.05. The van der Waals surface area contributed by atoms with Gasteiger partial charge in [-0.05, 0) is 37.1 Å². The average molecular weight is 269 g/mol. The quantitative estimate of drug-likeness (QED) is 0.728. The first-order chi connectivity index (χ1) is 9.14. The number of nitrogens with one attached hydrogen (secondary N) is 1. The van der Waals surface area contributed by atoms with Gasteiger partial charge in [-0.15, -0.1) is 5.10 Å². The van der Waals surface area contributed by atoms with Gasteiger partial charge in [0.1, 0.15) is 0 Å². The van der Waals surface area contributed by atoms with Gasteiger partial charge in [-0.2, -0.15) is 0 Å². The second-order valence-corrected chi connectivity index (χ2v) is 5.27. The number of rotatable bonds is 7.